The molecule has 0 amide bonds. The average molecular weight is 325 g/mol. The number of thiazole rings is 1. The van der Waals surface area contributed by atoms with E-state index in [1.807, 2.05) is 0 Å². The Morgan fingerprint density at radius 2 is 2.10 bits per heavy atom. The summed E-state index contributed by atoms with van der Waals surface area (Å²) >= 11 is 1.55. The number of rotatable bonds is 4. The van der Waals surface area contributed by atoms with Gasteiger partial charge in [0.15, 0.2) is 5.13 Å². The molecule has 1 aliphatic rings. The first-order chi connectivity index (χ1) is 9.82. The molecule has 2 aromatic rings. The topological polar surface area (TPSA) is 85.1 Å². The van der Waals surface area contributed by atoms with E-state index in [-0.39, 0.29) is 0 Å². The van der Waals surface area contributed by atoms with Gasteiger partial charge >= 0.3 is 0 Å². The maximum Gasteiger partial charge on any atom is 0.216 e. The lowest BCUT2D eigenvalue weighted by molar-refractivity contribution is 0.351. The molecule has 0 atom stereocenters. The molecule has 1 fully saturated rings. The summed E-state index contributed by atoms with van der Waals surface area (Å²) in [4.78, 5) is 4.59. The van der Waals surface area contributed by atoms with Crippen molar-refractivity contribution < 1.29 is 8.42 Å². The minimum atomic E-state index is -3.53. The highest BCUT2D eigenvalue weighted by Crippen LogP contribution is 2.38. The van der Waals surface area contributed by atoms with Gasteiger partial charge in [0.25, 0.3) is 0 Å². The van der Waals surface area contributed by atoms with E-state index in [0.29, 0.717) is 19.4 Å². The van der Waals surface area contributed by atoms with Crippen molar-refractivity contribution in [3.8, 4) is 0 Å². The Labute approximate surface area is 128 Å². The fourth-order valence-electron chi connectivity index (χ4n) is 2.67. The number of primary sulfonamides is 1. The lowest BCUT2D eigenvalue weighted by Gasteiger charge is -2.39. The summed E-state index contributed by atoms with van der Waals surface area (Å²) in [5, 5.41) is 9.31. The molecule has 1 aromatic heterocycles. The molecule has 1 aliphatic carbocycles. The molecule has 0 aliphatic heterocycles. The predicted molar refractivity (Wildman–Crippen MR) is 87.3 cm³/mol. The van der Waals surface area contributed by atoms with Crippen LogP contribution in [-0.2, 0) is 10.0 Å². The van der Waals surface area contributed by atoms with Crippen molar-refractivity contribution in [2.45, 2.75) is 37.9 Å². The summed E-state index contributed by atoms with van der Waals surface area (Å²) in [7, 11) is -3.53. The van der Waals surface area contributed by atoms with Gasteiger partial charge in [0.05, 0.1) is 10.2 Å². The number of nitrogens with zero attached hydrogens (tertiary/aromatic N) is 1. The van der Waals surface area contributed by atoms with Crippen molar-refractivity contribution in [2.24, 2.45) is 5.14 Å². The quantitative estimate of drug-likeness (QED) is 0.904. The van der Waals surface area contributed by atoms with Crippen LogP contribution in [0, 0.1) is 13.8 Å². The Hall–Kier alpha value is -1.18. The number of sulfonamides is 1. The number of hydrogen-bond donors (Lipinski definition) is 2. The normalized spacial score (nSPS) is 17.7. The highest BCUT2D eigenvalue weighted by molar-refractivity contribution is 7.90. The van der Waals surface area contributed by atoms with E-state index in [2.05, 4.69) is 36.3 Å². The van der Waals surface area contributed by atoms with Crippen molar-refractivity contribution >= 4 is 36.7 Å². The predicted octanol–water partition coefficient (Wildman–Crippen LogP) is 2.54. The van der Waals surface area contributed by atoms with Gasteiger partial charge in [0.2, 0.25) is 10.0 Å². The van der Waals surface area contributed by atoms with Crippen molar-refractivity contribution in [3.63, 3.8) is 0 Å². The number of aromatic nitrogens is 1. The Balaban J connectivity index is 1.85. The summed E-state index contributed by atoms with van der Waals surface area (Å²) < 4.78 is 23.8. The van der Waals surface area contributed by atoms with Gasteiger partial charge < -0.3 is 5.32 Å². The van der Waals surface area contributed by atoms with Crippen molar-refractivity contribution in [1.29, 1.82) is 0 Å². The van der Waals surface area contributed by atoms with Crippen LogP contribution in [0.1, 0.15) is 30.4 Å². The van der Waals surface area contributed by atoms with E-state index < -0.39 is 14.8 Å². The van der Waals surface area contributed by atoms with Crippen molar-refractivity contribution in [2.75, 3.05) is 11.9 Å². The summed E-state index contributed by atoms with van der Waals surface area (Å²) in [6.07, 6.45) is 2.17. The number of nitrogens with two attached hydrogens (primary N) is 1. The Morgan fingerprint density at radius 3 is 2.67 bits per heavy atom. The van der Waals surface area contributed by atoms with E-state index in [9.17, 15) is 8.42 Å². The summed E-state index contributed by atoms with van der Waals surface area (Å²) in [5.74, 6) is 0. The van der Waals surface area contributed by atoms with Gasteiger partial charge in [-0.2, -0.15) is 0 Å². The Morgan fingerprint density at radius 1 is 1.38 bits per heavy atom. The molecule has 3 N–H and O–H groups in total. The molecule has 0 radical (unpaired) electrons. The molecule has 0 saturated heterocycles. The van der Waals surface area contributed by atoms with Crippen LogP contribution in [0.2, 0.25) is 0 Å². The van der Waals surface area contributed by atoms with Crippen LogP contribution in [0.5, 0.6) is 0 Å². The number of anilines is 1. The van der Waals surface area contributed by atoms with Gasteiger partial charge in [-0.15, -0.1) is 0 Å². The molecule has 1 aromatic carbocycles. The summed E-state index contributed by atoms with van der Waals surface area (Å²) in [6.45, 7) is 4.45. The zero-order chi connectivity index (χ0) is 15.3. The number of nitrogens with one attached hydrogen (secondary N) is 1. The first-order valence-electron chi connectivity index (χ1n) is 6.95. The van der Waals surface area contributed by atoms with Crippen LogP contribution >= 0.6 is 11.3 Å². The zero-order valence-corrected chi connectivity index (χ0v) is 13.8. The second kappa shape index (κ2) is 4.93. The second-order valence-corrected chi connectivity index (χ2v) is 8.80. The summed E-state index contributed by atoms with van der Waals surface area (Å²) in [6, 6.07) is 4.14. The first-order valence-corrected chi connectivity index (χ1v) is 9.32. The highest BCUT2D eigenvalue weighted by Gasteiger charge is 2.47. The third kappa shape index (κ3) is 2.43. The van der Waals surface area contributed by atoms with Crippen LogP contribution in [0.4, 0.5) is 5.13 Å². The van der Waals surface area contributed by atoms with Crippen LogP contribution in [0.3, 0.4) is 0 Å². The fourth-order valence-corrected chi connectivity index (χ4v) is 4.72. The van der Waals surface area contributed by atoms with Crippen LogP contribution in [0.15, 0.2) is 12.1 Å². The Kier molecular flexibility index (Phi) is 3.46. The monoisotopic (exact) mass is 325 g/mol. The molecule has 7 heteroatoms. The van der Waals surface area contributed by atoms with Gasteiger partial charge in [0, 0.05) is 6.54 Å². The first kappa shape index (κ1) is 14.7. The van der Waals surface area contributed by atoms with Crippen LogP contribution in [0.25, 0.3) is 10.2 Å². The molecule has 1 heterocycles. The fraction of sp³-hybridized carbons (Fsp3) is 0.500. The number of hydrogen-bond acceptors (Lipinski definition) is 5. The number of benzene rings is 1. The van der Waals surface area contributed by atoms with Crippen LogP contribution in [-0.4, -0.2) is 24.7 Å². The lowest BCUT2D eigenvalue weighted by Crippen LogP contribution is -2.53. The van der Waals surface area contributed by atoms with Gasteiger partial charge in [-0.25, -0.2) is 18.5 Å². The van der Waals surface area contributed by atoms with E-state index in [1.54, 1.807) is 11.3 Å². The second-order valence-electron chi connectivity index (χ2n) is 5.81. The average Bonchev–Trinajstić information content (AvgIpc) is 2.75. The maximum atomic E-state index is 11.7. The van der Waals surface area contributed by atoms with E-state index in [0.717, 1.165) is 21.8 Å². The summed E-state index contributed by atoms with van der Waals surface area (Å²) in [5.41, 5.74) is 3.36. The van der Waals surface area contributed by atoms with Crippen molar-refractivity contribution in [3.05, 3.63) is 23.3 Å². The maximum absolute atomic E-state index is 11.7. The Bertz CT molecular complexity index is 792. The molecule has 0 unspecified atom stereocenters. The molecule has 0 spiro atoms. The smallest absolute Gasteiger partial charge is 0.216 e. The number of aryl methyl sites for hydroxylation is 2. The van der Waals surface area contributed by atoms with E-state index >= 15 is 0 Å². The van der Waals surface area contributed by atoms with E-state index in [1.165, 1.54) is 11.1 Å². The van der Waals surface area contributed by atoms with Gasteiger partial charge in [-0.05, 0) is 43.9 Å². The molecular formula is C14H19N3O2S2. The van der Waals surface area contributed by atoms with Gasteiger partial charge in [-0.3, -0.25) is 0 Å². The zero-order valence-electron chi connectivity index (χ0n) is 12.1. The van der Waals surface area contributed by atoms with Crippen LogP contribution < -0.4 is 10.5 Å². The third-order valence-electron chi connectivity index (χ3n) is 4.51. The molecule has 5 nitrogen and oxygen atoms in total. The minimum absolute atomic E-state index is 0.337. The van der Waals surface area contributed by atoms with Crippen molar-refractivity contribution in [1.82, 2.24) is 4.98 Å². The SMILES string of the molecule is Cc1ccc2sc(NCC3(S(N)(=O)=O)CCC3)nc2c1C. The van der Waals surface area contributed by atoms with Gasteiger partial charge in [0.1, 0.15) is 4.75 Å². The van der Waals surface area contributed by atoms with E-state index in [4.69, 9.17) is 5.14 Å². The largest absolute Gasteiger partial charge is 0.360 e. The van der Waals surface area contributed by atoms with Gasteiger partial charge in [-0.1, -0.05) is 23.8 Å². The molecule has 1 saturated carbocycles. The molecule has 0 bridgehead atoms. The molecule has 114 valence electrons. The minimum Gasteiger partial charge on any atom is -0.360 e. The highest BCUT2D eigenvalue weighted by atomic mass is 32.2. The number of fused-ring (bicyclic) bond motifs is 1. The lowest BCUT2D eigenvalue weighted by atomic mass is 9.84. The third-order valence-corrected chi connectivity index (χ3v) is 7.25. The molecular weight excluding hydrogens is 306 g/mol. The molecule has 21 heavy (non-hydrogen) atoms. The standard InChI is InChI=1S/C14H19N3O2S2/c1-9-4-5-11-12(10(9)2)17-13(20-11)16-8-14(6-3-7-14)21(15,18)19/h4-5H,3,6-8H2,1-2H3,(H,16,17)(H2,15,18,19). The molecule has 3 rings (SSSR count).